The fourth-order valence-corrected chi connectivity index (χ4v) is 3.12. The van der Waals surface area contributed by atoms with E-state index >= 15 is 0 Å². The van der Waals surface area contributed by atoms with Gasteiger partial charge in [0.05, 0.1) is 0 Å². The van der Waals surface area contributed by atoms with Gasteiger partial charge in [-0.2, -0.15) is 0 Å². The van der Waals surface area contributed by atoms with E-state index in [-0.39, 0.29) is 6.10 Å². The van der Waals surface area contributed by atoms with Crippen molar-refractivity contribution in [3.8, 4) is 5.75 Å². The maximum atomic E-state index is 6.41. The van der Waals surface area contributed by atoms with E-state index in [1.54, 1.807) is 0 Å². The van der Waals surface area contributed by atoms with Gasteiger partial charge < -0.3 is 9.64 Å². The first-order valence-corrected chi connectivity index (χ1v) is 9.22. The number of hydrogen-bond donors (Lipinski definition) is 0. The molecule has 0 aromatic heterocycles. The molecule has 2 heteroatoms. The summed E-state index contributed by atoms with van der Waals surface area (Å²) >= 11 is 0. The lowest BCUT2D eigenvalue weighted by molar-refractivity contribution is 0.170. The minimum Gasteiger partial charge on any atom is -0.485 e. The van der Waals surface area contributed by atoms with Crippen LogP contribution in [0.1, 0.15) is 29.2 Å². The van der Waals surface area contributed by atoms with Crippen molar-refractivity contribution in [3.05, 3.63) is 102 Å². The molecule has 0 amide bonds. The van der Waals surface area contributed by atoms with Gasteiger partial charge in [0.1, 0.15) is 11.9 Å². The Balaban J connectivity index is 1.67. The second-order valence-corrected chi connectivity index (χ2v) is 6.79. The third-order valence-corrected chi connectivity index (χ3v) is 4.60. The molecular weight excluding hydrogens is 318 g/mol. The topological polar surface area (TPSA) is 12.5 Å². The van der Waals surface area contributed by atoms with E-state index in [9.17, 15) is 0 Å². The number of ether oxygens (including phenoxy) is 1. The van der Waals surface area contributed by atoms with Crippen LogP contribution >= 0.6 is 0 Å². The van der Waals surface area contributed by atoms with Crippen molar-refractivity contribution in [1.82, 2.24) is 4.90 Å². The lowest BCUT2D eigenvalue weighted by Crippen LogP contribution is -2.22. The molecule has 0 N–H and O–H groups in total. The number of para-hydroxylation sites is 1. The van der Waals surface area contributed by atoms with Crippen molar-refractivity contribution >= 4 is 0 Å². The zero-order valence-corrected chi connectivity index (χ0v) is 15.6. The van der Waals surface area contributed by atoms with Gasteiger partial charge in [0, 0.05) is 19.5 Å². The summed E-state index contributed by atoms with van der Waals surface area (Å²) in [6, 6.07) is 29.4. The molecule has 0 aliphatic carbocycles. The van der Waals surface area contributed by atoms with Crippen LogP contribution in [-0.4, -0.2) is 18.5 Å². The molecule has 0 unspecified atom stereocenters. The van der Waals surface area contributed by atoms with Crippen molar-refractivity contribution in [1.29, 1.82) is 0 Å². The van der Waals surface area contributed by atoms with Gasteiger partial charge in [0.25, 0.3) is 0 Å². The number of nitrogens with zero attached hydrogens (tertiary/aromatic N) is 1. The zero-order valence-electron chi connectivity index (χ0n) is 15.6. The highest BCUT2D eigenvalue weighted by Gasteiger charge is 2.15. The summed E-state index contributed by atoms with van der Waals surface area (Å²) < 4.78 is 6.41. The van der Waals surface area contributed by atoms with E-state index < -0.39 is 0 Å². The molecule has 0 aliphatic rings. The van der Waals surface area contributed by atoms with Gasteiger partial charge in [0.15, 0.2) is 0 Å². The second kappa shape index (κ2) is 9.21. The van der Waals surface area contributed by atoms with Crippen molar-refractivity contribution in [3.63, 3.8) is 0 Å². The highest BCUT2D eigenvalue weighted by atomic mass is 16.5. The summed E-state index contributed by atoms with van der Waals surface area (Å²) in [5.41, 5.74) is 3.74. The van der Waals surface area contributed by atoms with Crippen molar-refractivity contribution in [2.24, 2.45) is 0 Å². The van der Waals surface area contributed by atoms with Crippen LogP contribution in [0.5, 0.6) is 5.75 Å². The number of rotatable bonds is 8. The van der Waals surface area contributed by atoms with Crippen LogP contribution in [0.3, 0.4) is 0 Å². The monoisotopic (exact) mass is 345 g/mol. The standard InChI is InChI=1S/C24H27NO/c1-20-11-9-10-16-23(20)26-24(22-14-7-4-8-15-22)17-18-25(2)19-21-12-5-3-6-13-21/h3-16,24H,17-19H2,1-2H3/t24-/m1/s1. The third-order valence-electron chi connectivity index (χ3n) is 4.60. The fourth-order valence-electron chi connectivity index (χ4n) is 3.12. The molecule has 2 nitrogen and oxygen atoms in total. The molecule has 3 aromatic rings. The van der Waals surface area contributed by atoms with Crippen LogP contribution in [0.15, 0.2) is 84.9 Å². The van der Waals surface area contributed by atoms with Gasteiger partial charge in [-0.15, -0.1) is 0 Å². The molecule has 0 fully saturated rings. The van der Waals surface area contributed by atoms with Crippen LogP contribution in [0, 0.1) is 6.92 Å². The molecule has 0 saturated carbocycles. The summed E-state index contributed by atoms with van der Waals surface area (Å²) in [6.07, 6.45) is 0.998. The fraction of sp³-hybridized carbons (Fsp3) is 0.250. The maximum Gasteiger partial charge on any atom is 0.125 e. The van der Waals surface area contributed by atoms with Crippen LogP contribution in [0.4, 0.5) is 0 Å². The van der Waals surface area contributed by atoms with E-state index in [1.807, 2.05) is 12.1 Å². The van der Waals surface area contributed by atoms with E-state index in [1.165, 1.54) is 16.7 Å². The Hall–Kier alpha value is -2.58. The molecule has 26 heavy (non-hydrogen) atoms. The molecule has 0 radical (unpaired) electrons. The van der Waals surface area contributed by atoms with E-state index in [4.69, 9.17) is 4.74 Å². The minimum atomic E-state index is 0.0514. The maximum absolute atomic E-state index is 6.41. The van der Waals surface area contributed by atoms with Crippen molar-refractivity contribution in [2.45, 2.75) is 26.0 Å². The Labute approximate surface area is 157 Å². The highest BCUT2D eigenvalue weighted by molar-refractivity contribution is 5.33. The minimum absolute atomic E-state index is 0.0514. The zero-order chi connectivity index (χ0) is 18.2. The Kier molecular flexibility index (Phi) is 6.45. The van der Waals surface area contributed by atoms with E-state index in [0.717, 1.165) is 25.3 Å². The SMILES string of the molecule is Cc1ccccc1O[C@H](CCN(C)Cc1ccccc1)c1ccccc1. The summed E-state index contributed by atoms with van der Waals surface area (Å²) in [5.74, 6) is 0.965. The lowest BCUT2D eigenvalue weighted by atomic mass is 10.1. The molecule has 0 bridgehead atoms. The van der Waals surface area contributed by atoms with Crippen LogP contribution in [0.2, 0.25) is 0 Å². The molecule has 0 aliphatic heterocycles. The lowest BCUT2D eigenvalue weighted by Gasteiger charge is -2.24. The summed E-state index contributed by atoms with van der Waals surface area (Å²) in [5, 5.41) is 0. The van der Waals surface area contributed by atoms with Gasteiger partial charge in [-0.25, -0.2) is 0 Å². The largest absolute Gasteiger partial charge is 0.485 e. The van der Waals surface area contributed by atoms with Gasteiger partial charge >= 0.3 is 0 Å². The molecule has 3 aromatic carbocycles. The van der Waals surface area contributed by atoms with E-state index in [2.05, 4.69) is 91.7 Å². The predicted octanol–water partition coefficient (Wildman–Crippen LogP) is 5.64. The average Bonchev–Trinajstić information content (AvgIpc) is 2.68. The van der Waals surface area contributed by atoms with Crippen LogP contribution in [0.25, 0.3) is 0 Å². The Morgan fingerprint density at radius 2 is 1.42 bits per heavy atom. The first-order chi connectivity index (χ1) is 12.7. The number of benzene rings is 3. The molecule has 0 saturated heterocycles. The molecule has 0 spiro atoms. The van der Waals surface area contributed by atoms with E-state index in [0.29, 0.717) is 0 Å². The van der Waals surface area contributed by atoms with Gasteiger partial charge in [-0.1, -0.05) is 78.9 Å². The van der Waals surface area contributed by atoms with Crippen LogP contribution in [-0.2, 0) is 6.54 Å². The van der Waals surface area contributed by atoms with Crippen LogP contribution < -0.4 is 4.74 Å². The second-order valence-electron chi connectivity index (χ2n) is 6.79. The Morgan fingerprint density at radius 3 is 2.12 bits per heavy atom. The van der Waals surface area contributed by atoms with Gasteiger partial charge in [-0.05, 0) is 36.7 Å². The van der Waals surface area contributed by atoms with Crippen molar-refractivity contribution in [2.75, 3.05) is 13.6 Å². The quantitative estimate of drug-likeness (QED) is 0.524. The van der Waals surface area contributed by atoms with Gasteiger partial charge in [0.2, 0.25) is 0 Å². The third kappa shape index (κ3) is 5.21. The number of aryl methyl sites for hydroxylation is 1. The first kappa shape index (κ1) is 18.2. The summed E-state index contributed by atoms with van der Waals surface area (Å²) in [6.45, 7) is 4.02. The molecular formula is C24H27NO. The molecule has 0 heterocycles. The summed E-state index contributed by atoms with van der Waals surface area (Å²) in [4.78, 5) is 2.35. The summed E-state index contributed by atoms with van der Waals surface area (Å²) in [7, 11) is 2.17. The first-order valence-electron chi connectivity index (χ1n) is 9.22. The van der Waals surface area contributed by atoms with Crippen molar-refractivity contribution < 1.29 is 4.74 Å². The molecule has 1 atom stereocenters. The Morgan fingerprint density at radius 1 is 0.808 bits per heavy atom. The predicted molar refractivity (Wildman–Crippen MR) is 108 cm³/mol. The smallest absolute Gasteiger partial charge is 0.125 e. The highest BCUT2D eigenvalue weighted by Crippen LogP contribution is 2.27. The average molecular weight is 345 g/mol. The number of hydrogen-bond acceptors (Lipinski definition) is 2. The normalized spacial score (nSPS) is 12.1. The molecule has 134 valence electrons. The van der Waals surface area contributed by atoms with Gasteiger partial charge in [-0.3, -0.25) is 0 Å². The molecule has 3 rings (SSSR count). The Bertz CT molecular complexity index is 786.